The van der Waals surface area contributed by atoms with Gasteiger partial charge in [0.2, 0.25) is 0 Å². The fourth-order valence-corrected chi connectivity index (χ4v) is 3.00. The summed E-state index contributed by atoms with van der Waals surface area (Å²) in [4.78, 5) is 14.4. The molecule has 17 heavy (non-hydrogen) atoms. The number of aliphatic imine (C=N–C) groups is 1. The van der Waals surface area contributed by atoms with E-state index < -0.39 is 20.7 Å². The van der Waals surface area contributed by atoms with Crippen molar-refractivity contribution in [2.24, 2.45) is 4.99 Å². The van der Waals surface area contributed by atoms with Crippen LogP contribution in [-0.4, -0.2) is 54.8 Å². The van der Waals surface area contributed by atoms with Crippen LogP contribution in [0.2, 0.25) is 0 Å². The molecule has 9 heteroatoms. The smallest absolute Gasteiger partial charge is 0.340 e. The molecule has 1 heterocycles. The minimum Gasteiger partial charge on any atom is -0.372 e. The zero-order valence-electron chi connectivity index (χ0n) is 9.20. The van der Waals surface area contributed by atoms with E-state index >= 15 is 0 Å². The van der Waals surface area contributed by atoms with E-state index in [1.165, 1.54) is 6.21 Å². The minimum absolute atomic E-state index is 0.0496. The highest BCUT2D eigenvalue weighted by Gasteiger charge is 2.29. The molecule has 7 nitrogen and oxygen atoms in total. The van der Waals surface area contributed by atoms with Crippen molar-refractivity contribution in [2.75, 3.05) is 18.9 Å². The third-order valence-electron chi connectivity index (χ3n) is 1.87. The Morgan fingerprint density at radius 3 is 2.88 bits per heavy atom. The number of nitrogens with zero attached hydrogens (tertiary/aromatic N) is 1. The molecule has 0 radical (unpaired) electrons. The number of nitrogens with one attached hydrogen (secondary N) is 1. The average Bonchev–Trinajstić information content (AvgIpc) is 2.99. The summed E-state index contributed by atoms with van der Waals surface area (Å²) in [5, 5.41) is 2.30. The molecule has 0 bridgehead atoms. The number of amides is 2. The number of carbonyl (C=O) groups is 1. The Morgan fingerprint density at radius 1 is 1.76 bits per heavy atom. The van der Waals surface area contributed by atoms with Gasteiger partial charge in [-0.3, -0.25) is 4.55 Å². The molecule has 1 aliphatic heterocycles. The van der Waals surface area contributed by atoms with Crippen LogP contribution < -0.4 is 5.32 Å². The Hall–Kier alpha value is -0.640. The topological polar surface area (TPSA) is 108 Å². The molecule has 0 aromatic carbocycles. The number of hydrogen-bond acceptors (Lipinski definition) is 5. The number of carbonyl (C=O) groups excluding carboxylic acids is 1. The van der Waals surface area contributed by atoms with Gasteiger partial charge in [-0.25, -0.2) is 9.79 Å². The molecule has 0 spiro atoms. The van der Waals surface area contributed by atoms with Crippen molar-refractivity contribution in [3.63, 3.8) is 0 Å². The summed E-state index contributed by atoms with van der Waals surface area (Å²) in [6.45, 7) is 1.99. The molecule has 0 saturated carbocycles. The van der Waals surface area contributed by atoms with Crippen LogP contribution in [0.3, 0.4) is 0 Å². The lowest BCUT2D eigenvalue weighted by Gasteiger charge is -2.12. The monoisotopic (exact) mass is 282 g/mol. The zero-order valence-corrected chi connectivity index (χ0v) is 10.8. The molecular weight excluding hydrogens is 268 g/mol. The first-order valence-corrected chi connectivity index (χ1v) is 7.44. The molecule has 0 aromatic heterocycles. The largest absolute Gasteiger partial charge is 0.372 e. The number of epoxide rings is 1. The van der Waals surface area contributed by atoms with Gasteiger partial charge < -0.3 is 10.1 Å². The van der Waals surface area contributed by atoms with Gasteiger partial charge in [0, 0.05) is 18.5 Å². The van der Waals surface area contributed by atoms with Crippen LogP contribution >= 0.6 is 11.8 Å². The molecule has 1 saturated heterocycles. The summed E-state index contributed by atoms with van der Waals surface area (Å²) >= 11 is 1.03. The third kappa shape index (κ3) is 6.01. The lowest BCUT2D eigenvalue weighted by atomic mass is 10.6. The first-order valence-electron chi connectivity index (χ1n) is 4.89. The highest BCUT2D eigenvalue weighted by atomic mass is 32.3. The molecule has 2 unspecified atom stereocenters. The van der Waals surface area contributed by atoms with E-state index in [1.807, 2.05) is 0 Å². The van der Waals surface area contributed by atoms with Crippen LogP contribution in [0.1, 0.15) is 6.92 Å². The van der Waals surface area contributed by atoms with E-state index in [0.29, 0.717) is 12.4 Å². The van der Waals surface area contributed by atoms with E-state index in [-0.39, 0.29) is 12.6 Å². The fourth-order valence-electron chi connectivity index (χ4n) is 0.963. The predicted molar refractivity (Wildman–Crippen MR) is 65.1 cm³/mol. The molecule has 1 fully saturated rings. The molecular formula is C8H14N2O5S2. The van der Waals surface area contributed by atoms with Crippen LogP contribution in [0.25, 0.3) is 0 Å². The summed E-state index contributed by atoms with van der Waals surface area (Å²) in [7, 11) is -4.20. The SMILES string of the molecule is CC=NC(=O)NCC(SCC1CO1)S(=O)(=O)O. The first kappa shape index (κ1) is 14.4. The van der Waals surface area contributed by atoms with Gasteiger partial charge in [0.05, 0.1) is 12.7 Å². The Bertz CT molecular complexity index is 391. The molecule has 0 aromatic rings. The Morgan fingerprint density at radius 2 is 2.41 bits per heavy atom. The van der Waals surface area contributed by atoms with Crippen LogP contribution in [0, 0.1) is 0 Å². The van der Waals surface area contributed by atoms with Crippen molar-refractivity contribution in [1.29, 1.82) is 0 Å². The number of rotatable bonds is 6. The molecule has 2 atom stereocenters. The highest BCUT2D eigenvalue weighted by Crippen LogP contribution is 2.22. The maximum Gasteiger partial charge on any atom is 0.340 e. The van der Waals surface area contributed by atoms with E-state index in [0.717, 1.165) is 11.8 Å². The van der Waals surface area contributed by atoms with Crippen molar-refractivity contribution >= 4 is 34.1 Å². The van der Waals surface area contributed by atoms with E-state index in [1.54, 1.807) is 6.92 Å². The lowest BCUT2D eigenvalue weighted by Crippen LogP contribution is -2.33. The second kappa shape index (κ2) is 6.34. The second-order valence-corrected chi connectivity index (χ2v) is 6.44. The molecule has 2 N–H and O–H groups in total. The van der Waals surface area contributed by atoms with Crippen LogP contribution in [0.4, 0.5) is 4.79 Å². The molecule has 1 rings (SSSR count). The molecule has 2 amide bonds. The summed E-state index contributed by atoms with van der Waals surface area (Å²) in [5.41, 5.74) is 0. The second-order valence-electron chi connectivity index (χ2n) is 3.31. The Labute approximate surface area is 104 Å². The van der Waals surface area contributed by atoms with Crippen LogP contribution in [0.5, 0.6) is 0 Å². The normalized spacial score (nSPS) is 21.4. The van der Waals surface area contributed by atoms with Crippen molar-refractivity contribution in [3.8, 4) is 0 Å². The summed E-state index contributed by atoms with van der Waals surface area (Å²) < 4.78 is 34.9. The first-order chi connectivity index (χ1) is 7.93. The van der Waals surface area contributed by atoms with Gasteiger partial charge >= 0.3 is 6.03 Å². The van der Waals surface area contributed by atoms with Gasteiger partial charge in [-0.15, -0.1) is 11.8 Å². The standard InChI is InChI=1S/C8H14N2O5S2/c1-2-9-8(11)10-3-7(17(12,13)14)16-5-6-4-15-6/h2,6-7H,3-5H2,1H3,(H,10,11)(H,12,13,14). The number of hydrogen-bond donors (Lipinski definition) is 2. The Kier molecular flexibility index (Phi) is 5.37. The lowest BCUT2D eigenvalue weighted by molar-refractivity contribution is 0.249. The minimum atomic E-state index is -4.20. The molecule has 0 aliphatic carbocycles. The van der Waals surface area contributed by atoms with Crippen LogP contribution in [0.15, 0.2) is 4.99 Å². The maximum absolute atomic E-state index is 11.0. The van der Waals surface area contributed by atoms with Crippen molar-refractivity contribution in [3.05, 3.63) is 0 Å². The Balaban J connectivity index is 2.42. The average molecular weight is 282 g/mol. The van der Waals surface area contributed by atoms with E-state index in [4.69, 9.17) is 9.29 Å². The maximum atomic E-state index is 11.0. The number of thioether (sulfide) groups is 1. The zero-order chi connectivity index (χ0) is 12.9. The van der Waals surface area contributed by atoms with Gasteiger partial charge in [0.15, 0.2) is 0 Å². The number of ether oxygens (including phenoxy) is 1. The molecule has 1 aliphatic rings. The third-order valence-corrected chi connectivity index (χ3v) is 4.94. The summed E-state index contributed by atoms with van der Waals surface area (Å²) in [6, 6.07) is -0.635. The quantitative estimate of drug-likeness (QED) is 0.407. The van der Waals surface area contributed by atoms with E-state index in [9.17, 15) is 13.2 Å². The van der Waals surface area contributed by atoms with Gasteiger partial charge in [0.25, 0.3) is 10.1 Å². The van der Waals surface area contributed by atoms with Crippen LogP contribution in [-0.2, 0) is 14.9 Å². The summed E-state index contributed by atoms with van der Waals surface area (Å²) in [5.74, 6) is 0.470. The van der Waals surface area contributed by atoms with Gasteiger partial charge in [-0.2, -0.15) is 8.42 Å². The summed E-state index contributed by atoms with van der Waals surface area (Å²) in [6.07, 6.45) is 1.34. The van der Waals surface area contributed by atoms with Gasteiger partial charge in [-0.05, 0) is 6.92 Å². The van der Waals surface area contributed by atoms with Gasteiger partial charge in [0.1, 0.15) is 4.58 Å². The fraction of sp³-hybridized carbons (Fsp3) is 0.750. The van der Waals surface area contributed by atoms with Crippen molar-refractivity contribution in [1.82, 2.24) is 5.32 Å². The molecule has 98 valence electrons. The van der Waals surface area contributed by atoms with Crippen molar-refractivity contribution < 1.29 is 22.5 Å². The highest BCUT2D eigenvalue weighted by molar-refractivity contribution is 8.11. The van der Waals surface area contributed by atoms with Gasteiger partial charge in [-0.1, -0.05) is 0 Å². The predicted octanol–water partition coefficient (Wildman–Crippen LogP) is 0.133. The van der Waals surface area contributed by atoms with E-state index in [2.05, 4.69) is 10.3 Å². The van der Waals surface area contributed by atoms with Crippen molar-refractivity contribution in [2.45, 2.75) is 17.6 Å². The number of urea groups is 1.